The van der Waals surface area contributed by atoms with Crippen molar-refractivity contribution in [2.45, 2.75) is 41.0 Å². The number of thiophene rings is 1. The van der Waals surface area contributed by atoms with Gasteiger partial charge in [0, 0.05) is 50.4 Å². The van der Waals surface area contributed by atoms with Crippen molar-refractivity contribution in [1.29, 1.82) is 0 Å². The summed E-state index contributed by atoms with van der Waals surface area (Å²) in [5.41, 5.74) is 6.49. The summed E-state index contributed by atoms with van der Waals surface area (Å²) in [6.07, 6.45) is 0.434. The van der Waals surface area contributed by atoms with Crippen LogP contribution in [0.25, 0.3) is 54.8 Å². The first kappa shape index (κ1) is 27.2. The minimum atomic E-state index is -1.44. The van der Waals surface area contributed by atoms with Crippen LogP contribution in [-0.4, -0.2) is 15.0 Å². The van der Waals surface area contributed by atoms with E-state index >= 15 is 0 Å². The van der Waals surface area contributed by atoms with Crippen molar-refractivity contribution in [3.8, 4) is 22.5 Å². The van der Waals surface area contributed by atoms with Crippen molar-refractivity contribution < 1.29 is 27.3 Å². The van der Waals surface area contributed by atoms with E-state index in [9.17, 15) is 0 Å². The maximum Gasteiger partial charge on any atom is 0.216 e. The number of aromatic nitrogens is 3. The zero-order chi connectivity index (χ0) is 30.4. The molecule has 1 radical (unpaired) electrons. The Balaban J connectivity index is 0.000000230. The van der Waals surface area contributed by atoms with Crippen LogP contribution in [0, 0.1) is 31.4 Å². The molecule has 0 aliphatic carbocycles. The van der Waals surface area contributed by atoms with Gasteiger partial charge in [0.2, 0.25) is 5.71 Å². The van der Waals surface area contributed by atoms with Crippen LogP contribution in [-0.2, 0) is 26.5 Å². The predicted molar refractivity (Wildman–Crippen MR) is 170 cm³/mol. The second-order valence-electron chi connectivity index (χ2n) is 11.1. The summed E-state index contributed by atoms with van der Waals surface area (Å²) in [4.78, 5) is 15.2. The minimum Gasteiger partial charge on any atom is -0.486 e. The molecule has 0 spiro atoms. The Morgan fingerprint density at radius 3 is 2.45 bits per heavy atom. The third kappa shape index (κ3) is 6.52. The summed E-state index contributed by atoms with van der Waals surface area (Å²) in [6.45, 7) is 9.74. The number of nitrogens with zero attached hydrogens (tertiary/aromatic N) is 3. The SMILES string of the molecule is Cc1ccc(-c2[c-]cccc2)nc1.[2H]C([2H])(c1cc2ccc(-c3[c-]ccc4c3oc3nc(C)ccc34)nc2s1)C(C)(C)C.[Ir]. The monoisotopic (exact) mass is 748 g/mol. The molecule has 42 heavy (non-hydrogen) atoms. The number of hydrogen-bond acceptors (Lipinski definition) is 5. The first-order valence-electron chi connectivity index (χ1n) is 14.5. The van der Waals surface area contributed by atoms with Gasteiger partial charge in [-0.1, -0.05) is 56.0 Å². The Bertz CT molecular complexity index is 2060. The smallest absolute Gasteiger partial charge is 0.216 e. The van der Waals surface area contributed by atoms with Crippen LogP contribution in [0.5, 0.6) is 0 Å². The zero-order valence-corrected chi connectivity index (χ0v) is 27.3. The van der Waals surface area contributed by atoms with E-state index in [0.717, 1.165) is 54.8 Å². The molecule has 0 bridgehead atoms. The second kappa shape index (κ2) is 12.3. The van der Waals surface area contributed by atoms with Crippen molar-refractivity contribution >= 4 is 43.6 Å². The molecule has 0 fully saturated rings. The van der Waals surface area contributed by atoms with E-state index in [2.05, 4.69) is 28.2 Å². The fourth-order valence-electron chi connectivity index (χ4n) is 4.57. The van der Waals surface area contributed by atoms with Gasteiger partial charge in [-0.05, 0) is 60.8 Å². The van der Waals surface area contributed by atoms with E-state index in [0.29, 0.717) is 10.6 Å². The Morgan fingerprint density at radius 2 is 1.71 bits per heavy atom. The van der Waals surface area contributed by atoms with E-state index < -0.39 is 11.8 Å². The molecular weight excluding hydrogens is 715 g/mol. The standard InChI is InChI=1S/C24H21N2OS.C12H10N.Ir/c1-14-8-10-18-17-6-5-7-19(21(17)27-22(18)25-14)20-11-9-15-12-16(13-24(2,3)4)28-23(15)26-20;1-10-7-8-12(13-9-10)11-5-3-2-4-6-11;/h5-6,8-12H,13H2,1-4H3;2-5,7-9H,1H3;/q2*-1;/i13D2;;. The Kier molecular flexibility index (Phi) is 7.93. The summed E-state index contributed by atoms with van der Waals surface area (Å²) in [5.74, 6) is 0. The van der Waals surface area contributed by atoms with Gasteiger partial charge in [0.15, 0.2) is 0 Å². The number of rotatable bonds is 3. The molecule has 5 aromatic heterocycles. The van der Waals surface area contributed by atoms with Gasteiger partial charge in [-0.2, -0.15) is 0 Å². The number of aryl methyl sites for hydroxylation is 2. The average molecular weight is 748 g/mol. The molecule has 7 rings (SSSR count). The van der Waals surface area contributed by atoms with Crippen LogP contribution in [0.15, 0.2) is 89.5 Å². The van der Waals surface area contributed by atoms with Crippen LogP contribution in [0.4, 0.5) is 0 Å². The number of hydrogen-bond donors (Lipinski definition) is 0. The number of benzene rings is 2. The van der Waals surface area contributed by atoms with Crippen LogP contribution in [0.2, 0.25) is 0 Å². The summed E-state index contributed by atoms with van der Waals surface area (Å²) < 4.78 is 23.3. The van der Waals surface area contributed by atoms with Gasteiger partial charge in [0.1, 0.15) is 4.83 Å². The second-order valence-corrected chi connectivity index (χ2v) is 12.1. The van der Waals surface area contributed by atoms with Crippen LogP contribution < -0.4 is 0 Å². The van der Waals surface area contributed by atoms with Crippen molar-refractivity contribution in [3.05, 3.63) is 113 Å². The van der Waals surface area contributed by atoms with Gasteiger partial charge in [0.25, 0.3) is 0 Å². The quantitative estimate of drug-likeness (QED) is 0.169. The number of pyridine rings is 3. The molecule has 5 heterocycles. The number of furan rings is 1. The Morgan fingerprint density at radius 1 is 0.881 bits per heavy atom. The Hall–Kier alpha value is -3.70. The van der Waals surface area contributed by atoms with Gasteiger partial charge >= 0.3 is 0 Å². The van der Waals surface area contributed by atoms with Crippen LogP contribution in [0.1, 0.15) is 39.6 Å². The molecule has 2 aromatic carbocycles. The van der Waals surface area contributed by atoms with Crippen molar-refractivity contribution in [2.24, 2.45) is 5.41 Å². The van der Waals surface area contributed by atoms with Crippen LogP contribution in [0.3, 0.4) is 0 Å². The fraction of sp³-hybridized carbons (Fsp3) is 0.194. The molecule has 0 saturated heterocycles. The van der Waals surface area contributed by atoms with Gasteiger partial charge in [0.05, 0.1) is 5.58 Å². The van der Waals surface area contributed by atoms with E-state index in [1.165, 1.54) is 16.9 Å². The van der Waals surface area contributed by atoms with Crippen molar-refractivity contribution in [2.75, 3.05) is 0 Å². The largest absolute Gasteiger partial charge is 0.486 e. The van der Waals surface area contributed by atoms with Crippen LogP contribution >= 0.6 is 11.3 Å². The molecule has 0 unspecified atom stereocenters. The molecule has 0 N–H and O–H groups in total. The summed E-state index contributed by atoms with van der Waals surface area (Å²) in [7, 11) is 0. The molecule has 213 valence electrons. The minimum absolute atomic E-state index is 0. The topological polar surface area (TPSA) is 51.8 Å². The summed E-state index contributed by atoms with van der Waals surface area (Å²) in [5, 5.41) is 2.91. The van der Waals surface area contributed by atoms with Gasteiger partial charge in [-0.3, -0.25) is 4.98 Å². The maximum absolute atomic E-state index is 8.58. The van der Waals surface area contributed by atoms with Gasteiger partial charge in [-0.25, -0.2) is 4.98 Å². The summed E-state index contributed by atoms with van der Waals surface area (Å²) in [6, 6.07) is 32.1. The molecule has 0 amide bonds. The first-order valence-corrected chi connectivity index (χ1v) is 14.3. The van der Waals surface area contributed by atoms with E-state index in [-0.39, 0.29) is 20.1 Å². The molecule has 6 heteroatoms. The molecule has 0 aliphatic heterocycles. The molecule has 4 nitrogen and oxygen atoms in total. The van der Waals surface area contributed by atoms with E-state index in [1.807, 2.05) is 114 Å². The zero-order valence-electron chi connectivity index (χ0n) is 26.1. The Labute approximate surface area is 267 Å². The van der Waals surface area contributed by atoms with Crippen molar-refractivity contribution in [3.63, 3.8) is 0 Å². The molecule has 0 saturated carbocycles. The molecular formula is C36H31IrN3OS-2. The normalized spacial score (nSPS) is 12.4. The molecule has 0 atom stereocenters. The third-order valence-corrected chi connectivity index (χ3v) is 7.43. The average Bonchev–Trinajstić information content (AvgIpc) is 3.59. The predicted octanol–water partition coefficient (Wildman–Crippen LogP) is 9.81. The van der Waals surface area contributed by atoms with Gasteiger partial charge in [-0.15, -0.1) is 65.4 Å². The number of fused-ring (bicyclic) bond motifs is 4. The third-order valence-electron chi connectivity index (χ3n) is 6.47. The first-order chi connectivity index (χ1) is 20.5. The van der Waals surface area contributed by atoms with E-state index in [1.54, 1.807) is 0 Å². The van der Waals surface area contributed by atoms with Gasteiger partial charge < -0.3 is 9.40 Å². The van der Waals surface area contributed by atoms with E-state index in [4.69, 9.17) is 12.1 Å². The van der Waals surface area contributed by atoms with Crippen molar-refractivity contribution in [1.82, 2.24) is 15.0 Å². The fourth-order valence-corrected chi connectivity index (χ4v) is 5.71. The summed E-state index contributed by atoms with van der Waals surface area (Å²) >= 11 is 1.41. The molecule has 0 aliphatic rings. The maximum atomic E-state index is 8.58. The molecule has 7 aromatic rings.